The van der Waals surface area contributed by atoms with Crippen molar-refractivity contribution in [3.63, 3.8) is 0 Å². The van der Waals surface area contributed by atoms with Gasteiger partial charge in [0.15, 0.2) is 5.82 Å². The predicted molar refractivity (Wildman–Crippen MR) is 72.3 cm³/mol. The molecule has 8 heteroatoms. The highest BCUT2D eigenvalue weighted by molar-refractivity contribution is 7.21. The molecule has 0 aliphatic rings. The zero-order valence-electron chi connectivity index (χ0n) is 9.28. The molecule has 3 heterocycles. The minimum absolute atomic E-state index is 0.00984. The van der Waals surface area contributed by atoms with E-state index in [1.54, 1.807) is 24.4 Å². The van der Waals surface area contributed by atoms with Crippen molar-refractivity contribution in [2.45, 2.75) is 0 Å². The maximum absolute atomic E-state index is 10.7. The van der Waals surface area contributed by atoms with Crippen molar-refractivity contribution in [3.8, 4) is 11.5 Å². The zero-order valence-corrected chi connectivity index (χ0v) is 10.9. The van der Waals surface area contributed by atoms with Crippen LogP contribution < -0.4 is 0 Å². The van der Waals surface area contributed by atoms with Gasteiger partial charge >= 0.3 is 5.00 Å². The van der Waals surface area contributed by atoms with E-state index in [0.717, 1.165) is 11.3 Å². The summed E-state index contributed by atoms with van der Waals surface area (Å²) in [6.45, 7) is 0. The van der Waals surface area contributed by atoms with Crippen LogP contribution in [-0.2, 0) is 0 Å². The second kappa shape index (κ2) is 4.52. The molecule has 0 aliphatic heterocycles. The Hall–Kier alpha value is -2.12. The molecule has 3 rings (SSSR count). The third-order valence-electron chi connectivity index (χ3n) is 2.41. The van der Waals surface area contributed by atoms with Gasteiger partial charge in [-0.05, 0) is 23.5 Å². The Morgan fingerprint density at radius 1 is 1.32 bits per heavy atom. The Bertz CT molecular complexity index is 775. The summed E-state index contributed by atoms with van der Waals surface area (Å²) < 4.78 is 0. The molecule has 0 saturated carbocycles. The molecule has 0 atom stereocenters. The van der Waals surface area contributed by atoms with Gasteiger partial charge in [-0.2, -0.15) is 0 Å². The molecule has 94 valence electrons. The van der Waals surface area contributed by atoms with Crippen LogP contribution in [0.5, 0.6) is 0 Å². The lowest BCUT2D eigenvalue weighted by atomic mass is 10.3. The lowest BCUT2D eigenvalue weighted by molar-refractivity contribution is -0.380. The topological polar surface area (TPSA) is 81.8 Å². The van der Waals surface area contributed by atoms with Crippen molar-refractivity contribution in [3.05, 3.63) is 45.7 Å². The van der Waals surface area contributed by atoms with Crippen molar-refractivity contribution < 1.29 is 4.92 Å². The Morgan fingerprint density at radius 2 is 2.16 bits per heavy atom. The third-order valence-corrected chi connectivity index (χ3v) is 3.68. The number of pyridine rings is 1. The molecule has 0 spiro atoms. The number of fused-ring (bicyclic) bond motifs is 1. The van der Waals surface area contributed by atoms with Crippen LogP contribution in [0.15, 0.2) is 30.5 Å². The molecule has 0 aromatic carbocycles. The number of aromatic nitrogens is 3. The minimum Gasteiger partial charge on any atom is -0.258 e. The lowest BCUT2D eigenvalue weighted by Crippen LogP contribution is -1.91. The van der Waals surface area contributed by atoms with Crippen LogP contribution in [-0.4, -0.2) is 19.9 Å². The Morgan fingerprint density at radius 3 is 2.84 bits per heavy atom. The molecule has 6 nitrogen and oxygen atoms in total. The van der Waals surface area contributed by atoms with Gasteiger partial charge in [0.2, 0.25) is 0 Å². The average molecular weight is 293 g/mol. The highest BCUT2D eigenvalue weighted by atomic mass is 35.5. The SMILES string of the molecule is O=[N+]([O-])c1cc2c(Cl)nc(-c3ccccn3)nc2s1. The van der Waals surface area contributed by atoms with E-state index < -0.39 is 4.92 Å². The van der Waals surface area contributed by atoms with E-state index in [-0.39, 0.29) is 10.2 Å². The fourth-order valence-electron chi connectivity index (χ4n) is 1.57. The minimum atomic E-state index is -0.469. The van der Waals surface area contributed by atoms with Gasteiger partial charge in [-0.3, -0.25) is 15.1 Å². The summed E-state index contributed by atoms with van der Waals surface area (Å²) in [6.07, 6.45) is 1.62. The Kier molecular flexibility index (Phi) is 2.84. The highest BCUT2D eigenvalue weighted by Crippen LogP contribution is 2.34. The van der Waals surface area contributed by atoms with Crippen molar-refractivity contribution in [1.29, 1.82) is 0 Å². The molecule has 0 unspecified atom stereocenters. The van der Waals surface area contributed by atoms with Gasteiger partial charge in [0.25, 0.3) is 0 Å². The van der Waals surface area contributed by atoms with Crippen LogP contribution in [0.1, 0.15) is 0 Å². The fourth-order valence-corrected chi connectivity index (χ4v) is 2.70. The predicted octanol–water partition coefficient (Wildman–Crippen LogP) is 3.31. The number of thiophene rings is 1. The van der Waals surface area contributed by atoms with Gasteiger partial charge in [0, 0.05) is 12.3 Å². The number of nitrogens with zero attached hydrogens (tertiary/aromatic N) is 4. The summed E-state index contributed by atoms with van der Waals surface area (Å²) in [5.41, 5.74) is 0.572. The molecule has 3 aromatic rings. The van der Waals surface area contributed by atoms with Crippen LogP contribution >= 0.6 is 22.9 Å². The first-order valence-corrected chi connectivity index (χ1v) is 6.37. The molecular weight excluding hydrogens is 288 g/mol. The second-order valence-corrected chi connectivity index (χ2v) is 4.98. The van der Waals surface area contributed by atoms with Gasteiger partial charge in [0.05, 0.1) is 10.3 Å². The van der Waals surface area contributed by atoms with Gasteiger partial charge in [-0.25, -0.2) is 9.97 Å². The fraction of sp³-hybridized carbons (Fsp3) is 0. The molecule has 0 bridgehead atoms. The summed E-state index contributed by atoms with van der Waals surface area (Å²) >= 11 is 7.00. The molecular formula is C11H5ClN4O2S. The van der Waals surface area contributed by atoms with E-state index >= 15 is 0 Å². The zero-order chi connectivity index (χ0) is 13.4. The molecule has 0 saturated heterocycles. The Labute approximate surface area is 115 Å². The maximum atomic E-state index is 10.7. The van der Waals surface area contributed by atoms with Crippen LogP contribution in [0, 0.1) is 10.1 Å². The monoisotopic (exact) mass is 292 g/mol. The number of hydrogen-bond acceptors (Lipinski definition) is 6. The van der Waals surface area contributed by atoms with Crippen LogP contribution in [0.2, 0.25) is 5.15 Å². The summed E-state index contributed by atoms with van der Waals surface area (Å²) in [5, 5.41) is 11.4. The van der Waals surface area contributed by atoms with E-state index in [9.17, 15) is 10.1 Å². The van der Waals surface area contributed by atoms with Crippen LogP contribution in [0.4, 0.5) is 5.00 Å². The van der Waals surface area contributed by atoms with E-state index in [1.807, 2.05) is 0 Å². The lowest BCUT2D eigenvalue weighted by Gasteiger charge is -1.99. The van der Waals surface area contributed by atoms with E-state index in [0.29, 0.717) is 21.7 Å². The number of rotatable bonds is 2. The molecule has 0 aliphatic carbocycles. The summed E-state index contributed by atoms with van der Waals surface area (Å²) in [5.74, 6) is 0.356. The highest BCUT2D eigenvalue weighted by Gasteiger charge is 2.17. The maximum Gasteiger partial charge on any atom is 0.326 e. The molecule has 3 aromatic heterocycles. The first-order chi connectivity index (χ1) is 9.15. The molecule has 0 N–H and O–H groups in total. The number of nitro groups is 1. The number of halogens is 1. The summed E-state index contributed by atoms with van der Waals surface area (Å²) in [7, 11) is 0. The largest absolute Gasteiger partial charge is 0.326 e. The van der Waals surface area contributed by atoms with Crippen molar-refractivity contribution >= 4 is 38.2 Å². The summed E-state index contributed by atoms with van der Waals surface area (Å²) in [6, 6.07) is 6.71. The van der Waals surface area contributed by atoms with E-state index in [4.69, 9.17) is 11.6 Å². The Balaban J connectivity index is 2.22. The summed E-state index contributed by atoms with van der Waals surface area (Å²) in [4.78, 5) is 23.3. The van der Waals surface area contributed by atoms with Crippen molar-refractivity contribution in [2.24, 2.45) is 0 Å². The van der Waals surface area contributed by atoms with E-state index in [1.165, 1.54) is 6.07 Å². The molecule has 0 amide bonds. The smallest absolute Gasteiger partial charge is 0.258 e. The van der Waals surface area contributed by atoms with Crippen LogP contribution in [0.3, 0.4) is 0 Å². The molecule has 19 heavy (non-hydrogen) atoms. The van der Waals surface area contributed by atoms with Gasteiger partial charge in [-0.15, -0.1) is 0 Å². The van der Waals surface area contributed by atoms with Gasteiger partial charge < -0.3 is 0 Å². The second-order valence-electron chi connectivity index (χ2n) is 3.61. The first kappa shape index (κ1) is 11.9. The first-order valence-electron chi connectivity index (χ1n) is 5.18. The van der Waals surface area contributed by atoms with E-state index in [2.05, 4.69) is 15.0 Å². The average Bonchev–Trinajstić information content (AvgIpc) is 2.84. The third kappa shape index (κ3) is 2.13. The molecule has 0 fully saturated rings. The normalized spacial score (nSPS) is 10.8. The molecule has 0 radical (unpaired) electrons. The van der Waals surface area contributed by atoms with Crippen molar-refractivity contribution in [1.82, 2.24) is 15.0 Å². The van der Waals surface area contributed by atoms with Crippen molar-refractivity contribution in [2.75, 3.05) is 0 Å². The standard InChI is InChI=1S/C11H5ClN4O2S/c12-9-6-5-8(16(17)18)19-11(6)15-10(14-9)7-3-1-2-4-13-7/h1-5H. The quantitative estimate of drug-likeness (QED) is 0.411. The van der Waals surface area contributed by atoms with Gasteiger partial charge in [-0.1, -0.05) is 17.7 Å². The van der Waals surface area contributed by atoms with Gasteiger partial charge in [0.1, 0.15) is 15.7 Å². The number of hydrogen-bond donors (Lipinski definition) is 0. The van der Waals surface area contributed by atoms with Crippen LogP contribution in [0.25, 0.3) is 21.7 Å².